The van der Waals surface area contributed by atoms with Crippen molar-refractivity contribution in [3.8, 4) is 5.75 Å². The number of esters is 1. The molecular formula is C15H14O3. The molecule has 0 aliphatic heterocycles. The molecule has 0 aliphatic carbocycles. The van der Waals surface area contributed by atoms with Crippen molar-refractivity contribution >= 4 is 22.8 Å². The Morgan fingerprint density at radius 1 is 1.28 bits per heavy atom. The predicted molar refractivity (Wildman–Crippen MR) is 71.3 cm³/mol. The molecule has 18 heavy (non-hydrogen) atoms. The van der Waals surface area contributed by atoms with E-state index in [4.69, 9.17) is 0 Å². The third-order valence-electron chi connectivity index (χ3n) is 2.74. The van der Waals surface area contributed by atoms with Gasteiger partial charge >= 0.3 is 5.97 Å². The highest BCUT2D eigenvalue weighted by Gasteiger charge is 2.03. The number of fused-ring (bicyclic) bond motifs is 1. The number of benzene rings is 2. The molecule has 1 N–H and O–H groups in total. The van der Waals surface area contributed by atoms with Gasteiger partial charge in [0.1, 0.15) is 5.75 Å². The van der Waals surface area contributed by atoms with Crippen LogP contribution in [0, 0.1) is 0 Å². The van der Waals surface area contributed by atoms with Crippen LogP contribution in [-0.4, -0.2) is 18.2 Å². The van der Waals surface area contributed by atoms with Gasteiger partial charge < -0.3 is 9.84 Å². The summed E-state index contributed by atoms with van der Waals surface area (Å²) in [5.41, 5.74) is 0.692. The van der Waals surface area contributed by atoms with E-state index in [9.17, 15) is 9.90 Å². The SMILES string of the molecule is COC(=O)CC=Cc1ccc2ccccc2c1O. The molecular weight excluding hydrogens is 228 g/mol. The van der Waals surface area contributed by atoms with Crippen molar-refractivity contribution in [3.63, 3.8) is 0 Å². The molecule has 3 nitrogen and oxygen atoms in total. The van der Waals surface area contributed by atoms with Gasteiger partial charge in [-0.1, -0.05) is 48.6 Å². The number of rotatable bonds is 3. The maximum atomic E-state index is 11.0. The Hall–Kier alpha value is -2.29. The quantitative estimate of drug-likeness (QED) is 0.841. The third-order valence-corrected chi connectivity index (χ3v) is 2.74. The second-order valence-corrected chi connectivity index (χ2v) is 3.91. The zero-order chi connectivity index (χ0) is 13.0. The van der Waals surface area contributed by atoms with Crippen LogP contribution in [-0.2, 0) is 9.53 Å². The summed E-state index contributed by atoms with van der Waals surface area (Å²) in [6.45, 7) is 0. The molecule has 0 amide bonds. The summed E-state index contributed by atoms with van der Waals surface area (Å²) in [6.07, 6.45) is 3.59. The minimum Gasteiger partial charge on any atom is -0.507 e. The second-order valence-electron chi connectivity index (χ2n) is 3.91. The molecule has 0 aliphatic rings. The second kappa shape index (κ2) is 5.36. The number of phenolic OH excluding ortho intramolecular Hbond substituents is 1. The van der Waals surface area contributed by atoms with Crippen LogP contribution in [0.2, 0.25) is 0 Å². The summed E-state index contributed by atoms with van der Waals surface area (Å²) in [4.78, 5) is 11.0. The third kappa shape index (κ3) is 2.51. The maximum Gasteiger partial charge on any atom is 0.309 e. The summed E-state index contributed by atoms with van der Waals surface area (Å²) in [6, 6.07) is 11.4. The minimum absolute atomic E-state index is 0.197. The summed E-state index contributed by atoms with van der Waals surface area (Å²) in [5, 5.41) is 11.9. The molecule has 0 atom stereocenters. The zero-order valence-electron chi connectivity index (χ0n) is 10.1. The van der Waals surface area contributed by atoms with E-state index in [1.165, 1.54) is 7.11 Å². The van der Waals surface area contributed by atoms with Crippen molar-refractivity contribution in [2.75, 3.05) is 7.11 Å². The van der Waals surface area contributed by atoms with Crippen LogP contribution in [0.1, 0.15) is 12.0 Å². The number of carbonyl (C=O) groups excluding carboxylic acids is 1. The van der Waals surface area contributed by atoms with E-state index < -0.39 is 0 Å². The van der Waals surface area contributed by atoms with E-state index in [1.807, 2.05) is 36.4 Å². The normalized spacial score (nSPS) is 10.9. The van der Waals surface area contributed by atoms with Gasteiger partial charge in [0.05, 0.1) is 13.5 Å². The number of aromatic hydroxyl groups is 1. The molecule has 0 spiro atoms. The lowest BCUT2D eigenvalue weighted by molar-refractivity contribution is -0.139. The first-order valence-corrected chi connectivity index (χ1v) is 5.66. The first kappa shape index (κ1) is 12.2. The predicted octanol–water partition coefficient (Wildman–Crippen LogP) is 3.12. The van der Waals surface area contributed by atoms with Crippen LogP contribution in [0.25, 0.3) is 16.8 Å². The fourth-order valence-corrected chi connectivity index (χ4v) is 1.77. The van der Waals surface area contributed by atoms with Gasteiger partial charge in [0.2, 0.25) is 0 Å². The fourth-order valence-electron chi connectivity index (χ4n) is 1.77. The molecule has 0 bridgehead atoms. The highest BCUT2D eigenvalue weighted by atomic mass is 16.5. The maximum absolute atomic E-state index is 11.0. The fraction of sp³-hybridized carbons (Fsp3) is 0.133. The lowest BCUT2D eigenvalue weighted by Gasteiger charge is -2.04. The molecule has 2 aromatic rings. The van der Waals surface area contributed by atoms with Gasteiger partial charge in [-0.2, -0.15) is 0 Å². The van der Waals surface area contributed by atoms with Crippen molar-refractivity contribution < 1.29 is 14.6 Å². The van der Waals surface area contributed by atoms with E-state index in [1.54, 1.807) is 12.2 Å². The van der Waals surface area contributed by atoms with Gasteiger partial charge in [0.25, 0.3) is 0 Å². The molecule has 0 heterocycles. The van der Waals surface area contributed by atoms with E-state index in [2.05, 4.69) is 4.74 Å². The monoisotopic (exact) mass is 242 g/mol. The molecule has 2 rings (SSSR count). The molecule has 2 aromatic carbocycles. The van der Waals surface area contributed by atoms with Gasteiger partial charge in [-0.3, -0.25) is 4.79 Å². The van der Waals surface area contributed by atoms with Gasteiger partial charge in [-0.05, 0) is 5.39 Å². The standard InChI is InChI=1S/C15H14O3/c1-18-14(16)8-4-6-12-10-9-11-5-2-3-7-13(11)15(12)17/h2-7,9-10,17H,8H2,1H3. The number of hydrogen-bond donors (Lipinski definition) is 1. The van der Waals surface area contributed by atoms with Crippen LogP contribution in [0.15, 0.2) is 42.5 Å². The minimum atomic E-state index is -0.300. The Morgan fingerprint density at radius 3 is 2.83 bits per heavy atom. The van der Waals surface area contributed by atoms with Gasteiger partial charge in [-0.25, -0.2) is 0 Å². The molecule has 0 radical (unpaired) electrons. The van der Waals surface area contributed by atoms with E-state index >= 15 is 0 Å². The lowest BCUT2D eigenvalue weighted by Crippen LogP contribution is -1.96. The van der Waals surface area contributed by atoms with Crippen LogP contribution in [0.5, 0.6) is 5.75 Å². The Kier molecular flexibility index (Phi) is 3.63. The number of phenols is 1. The molecule has 0 aromatic heterocycles. The van der Waals surface area contributed by atoms with Crippen molar-refractivity contribution in [2.24, 2.45) is 0 Å². The van der Waals surface area contributed by atoms with Crippen molar-refractivity contribution in [3.05, 3.63) is 48.0 Å². The van der Waals surface area contributed by atoms with Gasteiger partial charge in [-0.15, -0.1) is 0 Å². The van der Waals surface area contributed by atoms with Gasteiger partial charge in [0.15, 0.2) is 0 Å². The summed E-state index contributed by atoms with van der Waals surface area (Å²) in [5.74, 6) is -0.0688. The average Bonchev–Trinajstić information content (AvgIpc) is 2.41. The average molecular weight is 242 g/mol. The van der Waals surface area contributed by atoms with E-state index in [0.717, 1.165) is 10.8 Å². The molecule has 0 unspecified atom stereocenters. The number of carbonyl (C=O) groups is 1. The topological polar surface area (TPSA) is 46.5 Å². The highest BCUT2D eigenvalue weighted by molar-refractivity contribution is 5.91. The molecule has 0 fully saturated rings. The molecule has 0 saturated carbocycles. The first-order chi connectivity index (χ1) is 8.72. The Balaban J connectivity index is 2.29. The number of methoxy groups -OCH3 is 1. The van der Waals surface area contributed by atoms with Gasteiger partial charge in [0, 0.05) is 10.9 Å². The van der Waals surface area contributed by atoms with Crippen LogP contribution in [0.3, 0.4) is 0 Å². The van der Waals surface area contributed by atoms with Crippen molar-refractivity contribution in [2.45, 2.75) is 6.42 Å². The molecule has 92 valence electrons. The molecule has 0 saturated heterocycles. The van der Waals surface area contributed by atoms with E-state index in [0.29, 0.717) is 5.56 Å². The number of ether oxygens (including phenoxy) is 1. The Bertz CT molecular complexity index is 600. The first-order valence-electron chi connectivity index (χ1n) is 5.66. The smallest absolute Gasteiger partial charge is 0.309 e. The lowest BCUT2D eigenvalue weighted by atomic mass is 10.0. The van der Waals surface area contributed by atoms with Crippen LogP contribution >= 0.6 is 0 Å². The zero-order valence-corrected chi connectivity index (χ0v) is 10.1. The van der Waals surface area contributed by atoms with Crippen LogP contribution < -0.4 is 0 Å². The Labute approximate surface area is 105 Å². The summed E-state index contributed by atoms with van der Waals surface area (Å²) >= 11 is 0. The molecule has 3 heteroatoms. The highest BCUT2D eigenvalue weighted by Crippen LogP contribution is 2.29. The summed E-state index contributed by atoms with van der Waals surface area (Å²) in [7, 11) is 1.35. The largest absolute Gasteiger partial charge is 0.507 e. The van der Waals surface area contributed by atoms with Crippen molar-refractivity contribution in [1.29, 1.82) is 0 Å². The Morgan fingerprint density at radius 2 is 2.06 bits per heavy atom. The van der Waals surface area contributed by atoms with Crippen molar-refractivity contribution in [1.82, 2.24) is 0 Å². The van der Waals surface area contributed by atoms with E-state index in [-0.39, 0.29) is 18.1 Å². The van der Waals surface area contributed by atoms with Crippen LogP contribution in [0.4, 0.5) is 0 Å². The summed E-state index contributed by atoms with van der Waals surface area (Å²) < 4.78 is 4.54. The number of hydrogen-bond acceptors (Lipinski definition) is 3.